The molecule has 0 radical (unpaired) electrons. The van der Waals surface area contributed by atoms with Crippen LogP contribution in [0.1, 0.15) is 21.7 Å². The molecule has 0 unspecified atom stereocenters. The molecule has 0 bridgehead atoms. The van der Waals surface area contributed by atoms with Crippen LogP contribution in [0.3, 0.4) is 0 Å². The summed E-state index contributed by atoms with van der Waals surface area (Å²) in [5, 5.41) is 2.89. The van der Waals surface area contributed by atoms with Crippen molar-refractivity contribution in [2.45, 2.75) is 13.5 Å². The zero-order chi connectivity index (χ0) is 20.1. The third-order valence-corrected chi connectivity index (χ3v) is 5.14. The molecule has 0 atom stereocenters. The number of pyridine rings is 2. The van der Waals surface area contributed by atoms with Crippen molar-refractivity contribution >= 4 is 17.3 Å². The first-order valence-corrected chi connectivity index (χ1v) is 9.90. The van der Waals surface area contributed by atoms with Gasteiger partial charge in [0.15, 0.2) is 0 Å². The van der Waals surface area contributed by atoms with E-state index in [0.29, 0.717) is 12.2 Å². The molecule has 1 fully saturated rings. The van der Waals surface area contributed by atoms with Crippen LogP contribution in [0, 0.1) is 6.92 Å². The highest BCUT2D eigenvalue weighted by Crippen LogP contribution is 2.21. The smallest absolute Gasteiger partial charge is 0.270 e. The third-order valence-electron chi connectivity index (χ3n) is 5.14. The number of carbonyl (C=O) groups is 1. The highest BCUT2D eigenvalue weighted by molar-refractivity contribution is 5.93. The molecule has 6 nitrogen and oxygen atoms in total. The molecule has 1 aromatic carbocycles. The van der Waals surface area contributed by atoms with Gasteiger partial charge < -0.3 is 15.1 Å². The van der Waals surface area contributed by atoms with Crippen molar-refractivity contribution in [1.82, 2.24) is 15.3 Å². The second-order valence-corrected chi connectivity index (χ2v) is 7.22. The van der Waals surface area contributed by atoms with Gasteiger partial charge in [-0.15, -0.1) is 0 Å². The van der Waals surface area contributed by atoms with Crippen LogP contribution in [0.25, 0.3) is 0 Å². The number of nitrogens with zero attached hydrogens (tertiary/aromatic N) is 4. The normalized spacial score (nSPS) is 14.0. The number of amides is 1. The lowest BCUT2D eigenvalue weighted by Crippen LogP contribution is -2.46. The molecule has 29 heavy (non-hydrogen) atoms. The van der Waals surface area contributed by atoms with E-state index < -0.39 is 0 Å². The second kappa shape index (κ2) is 8.73. The molecular weight excluding hydrogens is 362 g/mol. The van der Waals surface area contributed by atoms with E-state index in [2.05, 4.69) is 56.3 Å². The molecule has 6 heteroatoms. The van der Waals surface area contributed by atoms with Crippen molar-refractivity contribution in [2.75, 3.05) is 36.0 Å². The molecule has 0 aliphatic carbocycles. The molecule has 1 saturated heterocycles. The second-order valence-electron chi connectivity index (χ2n) is 7.22. The average Bonchev–Trinajstić information content (AvgIpc) is 2.78. The maximum Gasteiger partial charge on any atom is 0.270 e. The van der Waals surface area contributed by atoms with Gasteiger partial charge in [0.1, 0.15) is 5.69 Å². The maximum atomic E-state index is 12.5. The number of benzene rings is 1. The van der Waals surface area contributed by atoms with Crippen molar-refractivity contribution in [3.63, 3.8) is 0 Å². The number of nitrogens with one attached hydrogen (secondary N) is 1. The van der Waals surface area contributed by atoms with E-state index in [1.807, 2.05) is 30.3 Å². The van der Waals surface area contributed by atoms with E-state index >= 15 is 0 Å². The first kappa shape index (κ1) is 18.9. The van der Waals surface area contributed by atoms with Crippen molar-refractivity contribution in [2.24, 2.45) is 0 Å². The van der Waals surface area contributed by atoms with E-state index in [9.17, 15) is 4.79 Å². The van der Waals surface area contributed by atoms with Gasteiger partial charge >= 0.3 is 0 Å². The number of piperazine rings is 1. The zero-order valence-corrected chi connectivity index (χ0v) is 16.6. The number of aromatic nitrogens is 2. The van der Waals surface area contributed by atoms with Crippen molar-refractivity contribution < 1.29 is 4.79 Å². The summed E-state index contributed by atoms with van der Waals surface area (Å²) >= 11 is 0. The van der Waals surface area contributed by atoms with Crippen LogP contribution in [-0.4, -0.2) is 42.1 Å². The summed E-state index contributed by atoms with van der Waals surface area (Å²) in [6.45, 7) is 6.23. The van der Waals surface area contributed by atoms with Crippen molar-refractivity contribution in [3.8, 4) is 0 Å². The van der Waals surface area contributed by atoms with Gasteiger partial charge in [-0.05, 0) is 48.9 Å². The zero-order valence-electron chi connectivity index (χ0n) is 16.6. The highest BCUT2D eigenvalue weighted by atomic mass is 16.1. The molecule has 148 valence electrons. The van der Waals surface area contributed by atoms with E-state index in [1.54, 1.807) is 12.4 Å². The minimum absolute atomic E-state index is 0.184. The molecule has 1 aliphatic heterocycles. The number of hydrogen-bond acceptors (Lipinski definition) is 5. The van der Waals surface area contributed by atoms with Crippen LogP contribution in [0.5, 0.6) is 0 Å². The fraction of sp³-hybridized carbons (Fsp3) is 0.261. The number of rotatable bonds is 5. The predicted octanol–water partition coefficient (Wildman–Crippen LogP) is 3.04. The highest BCUT2D eigenvalue weighted by Gasteiger charge is 2.19. The number of aryl methyl sites for hydroxylation is 1. The molecule has 3 aromatic rings. The van der Waals surface area contributed by atoms with E-state index in [1.165, 1.54) is 11.3 Å². The summed E-state index contributed by atoms with van der Waals surface area (Å²) in [6.07, 6.45) is 3.43. The van der Waals surface area contributed by atoms with Crippen molar-refractivity contribution in [1.29, 1.82) is 0 Å². The van der Waals surface area contributed by atoms with E-state index in [4.69, 9.17) is 0 Å². The quantitative estimate of drug-likeness (QED) is 0.729. The summed E-state index contributed by atoms with van der Waals surface area (Å²) < 4.78 is 0. The largest absolute Gasteiger partial charge is 0.368 e. The van der Waals surface area contributed by atoms with Gasteiger partial charge in [0.05, 0.1) is 12.2 Å². The summed E-state index contributed by atoms with van der Waals surface area (Å²) in [5.74, 6) is -0.184. The molecular formula is C23H25N5O. The molecule has 3 heterocycles. The van der Waals surface area contributed by atoms with Crippen LogP contribution in [-0.2, 0) is 6.54 Å². The minimum Gasteiger partial charge on any atom is -0.368 e. The van der Waals surface area contributed by atoms with Crippen LogP contribution >= 0.6 is 0 Å². The fourth-order valence-electron chi connectivity index (χ4n) is 3.55. The molecule has 0 spiro atoms. The molecule has 4 rings (SSSR count). The van der Waals surface area contributed by atoms with Gasteiger partial charge in [-0.1, -0.05) is 18.2 Å². The predicted molar refractivity (Wildman–Crippen MR) is 115 cm³/mol. The molecule has 0 saturated carbocycles. The summed E-state index contributed by atoms with van der Waals surface area (Å²) in [4.78, 5) is 25.7. The Kier molecular flexibility index (Phi) is 5.70. The van der Waals surface area contributed by atoms with Crippen LogP contribution in [0.4, 0.5) is 11.4 Å². The van der Waals surface area contributed by atoms with E-state index in [-0.39, 0.29) is 5.91 Å². The summed E-state index contributed by atoms with van der Waals surface area (Å²) in [5.41, 5.74) is 4.84. The lowest BCUT2D eigenvalue weighted by molar-refractivity contribution is 0.0945. The van der Waals surface area contributed by atoms with Crippen molar-refractivity contribution in [3.05, 3.63) is 83.9 Å². The average molecular weight is 387 g/mol. The summed E-state index contributed by atoms with van der Waals surface area (Å²) in [7, 11) is 0. The van der Waals surface area contributed by atoms with Crippen LogP contribution in [0.15, 0.2) is 67.0 Å². The minimum atomic E-state index is -0.184. The Balaban J connectivity index is 1.37. The first-order valence-electron chi connectivity index (χ1n) is 9.90. The number of hydrogen-bond donors (Lipinski definition) is 1. The number of anilines is 2. The van der Waals surface area contributed by atoms with Gasteiger partial charge in [0.25, 0.3) is 5.91 Å². The van der Waals surface area contributed by atoms with Gasteiger partial charge in [0, 0.05) is 49.9 Å². The Morgan fingerprint density at radius 2 is 1.66 bits per heavy atom. The lowest BCUT2D eigenvalue weighted by Gasteiger charge is -2.37. The van der Waals surface area contributed by atoms with Gasteiger partial charge in [-0.25, -0.2) is 0 Å². The van der Waals surface area contributed by atoms with Crippen LogP contribution in [0.2, 0.25) is 0 Å². The Morgan fingerprint density at radius 1 is 0.897 bits per heavy atom. The van der Waals surface area contributed by atoms with E-state index in [0.717, 1.165) is 37.6 Å². The van der Waals surface area contributed by atoms with Crippen LogP contribution < -0.4 is 15.1 Å². The first-order chi connectivity index (χ1) is 14.2. The third kappa shape index (κ3) is 4.71. The van der Waals surface area contributed by atoms with Gasteiger partial charge in [0.2, 0.25) is 0 Å². The summed E-state index contributed by atoms with van der Waals surface area (Å²) in [6, 6.07) is 18.1. The van der Waals surface area contributed by atoms with Gasteiger partial charge in [-0.2, -0.15) is 0 Å². The molecule has 1 N–H and O–H groups in total. The topological polar surface area (TPSA) is 61.4 Å². The SMILES string of the molecule is Cc1cccc(N2CCN(c3ccnc(C(=O)NCc4ccccn4)c3)CC2)c1. The maximum absolute atomic E-state index is 12.5. The lowest BCUT2D eigenvalue weighted by atomic mass is 10.2. The standard InChI is InChI=1S/C23H25N5O/c1-18-5-4-7-20(15-18)27-11-13-28(14-12-27)21-8-10-25-22(16-21)23(29)26-17-19-6-2-3-9-24-19/h2-10,15-16H,11-14,17H2,1H3,(H,26,29). The fourth-order valence-corrected chi connectivity index (χ4v) is 3.55. The number of carbonyl (C=O) groups excluding carboxylic acids is 1. The Hall–Kier alpha value is -3.41. The molecule has 2 aromatic heterocycles. The van der Waals surface area contributed by atoms with Gasteiger partial charge in [-0.3, -0.25) is 14.8 Å². The monoisotopic (exact) mass is 387 g/mol. The molecule has 1 aliphatic rings. The Labute approximate surface area is 171 Å². The Morgan fingerprint density at radius 3 is 2.34 bits per heavy atom. The Bertz CT molecular complexity index is 968. The molecule has 1 amide bonds.